The van der Waals surface area contributed by atoms with Gasteiger partial charge in [-0.3, -0.25) is 0 Å². The Hall–Kier alpha value is -2.22. The average molecular weight is 939 g/mol. The zero-order valence-electron chi connectivity index (χ0n) is 40.1. The van der Waals surface area contributed by atoms with Gasteiger partial charge in [-0.25, -0.2) is 0 Å². The fourth-order valence-electron chi connectivity index (χ4n) is 8.20. The third kappa shape index (κ3) is 14.4. The van der Waals surface area contributed by atoms with Crippen LogP contribution in [-0.4, -0.2) is 9.52 Å². The Morgan fingerprint density at radius 3 is 1.00 bits per heavy atom. The van der Waals surface area contributed by atoms with Crippen molar-refractivity contribution in [1.82, 2.24) is 0 Å². The molecule has 0 amide bonds. The standard InChI is InChI=1S/2C27H35.C2H6Si.2ClH.Zr/c2*1-8-21-9-10-22-12-20(11-17(2)3)13-26(22)27(21)25-15-23(18(4)5)14-24(16-25)19(6)7;1-3-2;;;/h2*9-10,12-19H,8,11H2,1-7H3;1-2H3;2*1H;/q2*-1;;;;+4/p-2. The molecule has 0 aliphatic heterocycles. The summed E-state index contributed by atoms with van der Waals surface area (Å²) in [4.78, 5) is 0. The van der Waals surface area contributed by atoms with Crippen LogP contribution >= 0.6 is 17.0 Å². The molecule has 0 aromatic heterocycles. The molecule has 0 spiro atoms. The minimum absolute atomic E-state index is 0.544. The van der Waals surface area contributed by atoms with Crippen LogP contribution in [0.3, 0.4) is 0 Å². The van der Waals surface area contributed by atoms with E-state index >= 15 is 0 Å². The number of benzene rings is 4. The van der Waals surface area contributed by atoms with Gasteiger partial charge in [0.2, 0.25) is 0 Å². The van der Waals surface area contributed by atoms with Crippen LogP contribution in [0.25, 0.3) is 43.8 Å². The Bertz CT molecular complexity index is 2000. The Balaban J connectivity index is 0.000000283. The van der Waals surface area contributed by atoms with Crippen LogP contribution in [0.1, 0.15) is 165 Å². The van der Waals surface area contributed by atoms with Crippen LogP contribution in [0, 0.1) is 11.8 Å². The molecular weight excluding hydrogens is 863 g/mol. The first kappa shape index (κ1) is 52.1. The van der Waals surface area contributed by atoms with Crippen molar-refractivity contribution in [3.8, 4) is 22.3 Å². The molecule has 0 aliphatic carbocycles. The SMILES string of the molecule is CCc1ccc2[cH-]c(CC(C)C)cc2c1-c1cc(C(C)C)cc(C(C)C)c1.CCc1ccc2[cH-]c(CC(C)C)cc2c1-c1cc(C(C)C)cc(C(C)C)c1.C[Si]C.[Cl][Zr+2][Cl]. The second-order valence-electron chi connectivity index (χ2n) is 18.8. The van der Waals surface area contributed by atoms with Crippen molar-refractivity contribution in [3.05, 3.63) is 129 Å². The molecule has 6 aromatic carbocycles. The Labute approximate surface area is 388 Å². The summed E-state index contributed by atoms with van der Waals surface area (Å²) >= 11 is -0.826. The summed E-state index contributed by atoms with van der Waals surface area (Å²) in [5.74, 6) is 3.55. The fraction of sp³-hybridized carbons (Fsp3) is 0.464. The molecule has 6 aromatic rings. The summed E-state index contributed by atoms with van der Waals surface area (Å²) < 4.78 is 0. The van der Waals surface area contributed by atoms with Gasteiger partial charge in [0.05, 0.1) is 0 Å². The summed E-state index contributed by atoms with van der Waals surface area (Å²) in [5, 5.41) is 5.64. The first-order valence-corrected chi connectivity index (χ1v) is 31.0. The molecule has 0 heterocycles. The van der Waals surface area contributed by atoms with E-state index in [9.17, 15) is 0 Å². The Kier molecular flexibility index (Phi) is 21.9. The quantitative estimate of drug-likeness (QED) is 0.0847. The van der Waals surface area contributed by atoms with Gasteiger partial charge in [0, 0.05) is 9.52 Å². The molecule has 322 valence electrons. The van der Waals surface area contributed by atoms with E-state index in [4.69, 9.17) is 17.0 Å². The number of hydrogen-bond acceptors (Lipinski definition) is 0. The number of aryl methyl sites for hydroxylation is 2. The van der Waals surface area contributed by atoms with Crippen LogP contribution < -0.4 is 0 Å². The summed E-state index contributed by atoms with van der Waals surface area (Å²) in [6.07, 6.45) is 4.44. The van der Waals surface area contributed by atoms with Gasteiger partial charge in [0.1, 0.15) is 0 Å². The van der Waals surface area contributed by atoms with Gasteiger partial charge in [0.25, 0.3) is 0 Å². The molecule has 60 heavy (non-hydrogen) atoms. The van der Waals surface area contributed by atoms with Gasteiger partial charge < -0.3 is 0 Å². The molecule has 0 nitrogen and oxygen atoms in total. The predicted molar refractivity (Wildman–Crippen MR) is 271 cm³/mol. The first-order chi connectivity index (χ1) is 28.4. The molecule has 6 rings (SSSR count). The summed E-state index contributed by atoms with van der Waals surface area (Å²) in [5.41, 5.74) is 17.4. The molecule has 0 unspecified atom stereocenters. The molecule has 0 fully saturated rings. The molecule has 0 saturated carbocycles. The normalized spacial score (nSPS) is 11.3. The average Bonchev–Trinajstić information content (AvgIpc) is 3.79. The van der Waals surface area contributed by atoms with Gasteiger partial charge in [-0.1, -0.05) is 169 Å². The van der Waals surface area contributed by atoms with E-state index in [1.54, 1.807) is 0 Å². The van der Waals surface area contributed by atoms with Crippen molar-refractivity contribution in [3.63, 3.8) is 0 Å². The van der Waals surface area contributed by atoms with E-state index in [2.05, 4.69) is 195 Å². The summed E-state index contributed by atoms with van der Waals surface area (Å²) in [6.45, 7) is 36.5. The molecule has 0 aliphatic rings. The van der Waals surface area contributed by atoms with E-state index < -0.39 is 20.8 Å². The third-order valence-electron chi connectivity index (χ3n) is 11.3. The fourth-order valence-corrected chi connectivity index (χ4v) is 8.20. The minimum atomic E-state index is -0.826. The second kappa shape index (κ2) is 25.2. The van der Waals surface area contributed by atoms with Crippen LogP contribution in [-0.2, 0) is 46.5 Å². The van der Waals surface area contributed by atoms with Crippen molar-refractivity contribution in [2.45, 2.75) is 159 Å². The van der Waals surface area contributed by atoms with Gasteiger partial charge in [0.15, 0.2) is 0 Å². The molecule has 4 heteroatoms. The van der Waals surface area contributed by atoms with Crippen molar-refractivity contribution < 1.29 is 20.8 Å². The van der Waals surface area contributed by atoms with Crippen LogP contribution in [0.2, 0.25) is 13.1 Å². The van der Waals surface area contributed by atoms with Gasteiger partial charge in [-0.05, 0) is 94.6 Å². The second-order valence-corrected chi connectivity index (χ2v) is 23.5. The number of halogens is 2. The summed E-state index contributed by atoms with van der Waals surface area (Å²) in [6, 6.07) is 33.5. The van der Waals surface area contributed by atoms with Crippen LogP contribution in [0.5, 0.6) is 0 Å². The Morgan fingerprint density at radius 1 is 0.483 bits per heavy atom. The summed E-state index contributed by atoms with van der Waals surface area (Å²) in [7, 11) is 11.0. The van der Waals surface area contributed by atoms with Crippen LogP contribution in [0.4, 0.5) is 0 Å². The zero-order valence-corrected chi connectivity index (χ0v) is 45.1. The molecule has 2 radical (unpaired) electrons. The maximum atomic E-state index is 4.93. The molecular formula is C56H76Cl2SiZr. The maximum absolute atomic E-state index is 4.93. The van der Waals surface area contributed by atoms with E-state index in [1.807, 2.05) is 0 Å². The first-order valence-electron chi connectivity index (χ1n) is 22.7. The Morgan fingerprint density at radius 2 is 0.767 bits per heavy atom. The van der Waals surface area contributed by atoms with Crippen molar-refractivity contribution in [1.29, 1.82) is 0 Å². The topological polar surface area (TPSA) is 0 Å². The van der Waals surface area contributed by atoms with E-state index in [0.717, 1.165) is 35.2 Å². The number of rotatable bonds is 12. The van der Waals surface area contributed by atoms with Crippen molar-refractivity contribution in [2.24, 2.45) is 11.8 Å². The monoisotopic (exact) mass is 936 g/mol. The predicted octanol–water partition coefficient (Wildman–Crippen LogP) is 18.6. The molecule has 0 bridgehead atoms. The molecule has 0 atom stereocenters. The zero-order chi connectivity index (χ0) is 44.8. The van der Waals surface area contributed by atoms with Crippen molar-refractivity contribution in [2.75, 3.05) is 0 Å². The van der Waals surface area contributed by atoms with Gasteiger partial charge in [-0.15, -0.1) is 69.1 Å². The number of fused-ring (bicyclic) bond motifs is 2. The van der Waals surface area contributed by atoms with E-state index in [1.165, 1.54) is 88.3 Å². The van der Waals surface area contributed by atoms with Crippen molar-refractivity contribution >= 4 is 48.1 Å². The third-order valence-corrected chi connectivity index (χ3v) is 11.3. The van der Waals surface area contributed by atoms with Gasteiger partial charge >= 0.3 is 37.9 Å². The number of hydrogen-bond donors (Lipinski definition) is 0. The van der Waals surface area contributed by atoms with Crippen LogP contribution in [0.15, 0.2) is 84.9 Å². The van der Waals surface area contributed by atoms with Gasteiger partial charge in [-0.2, -0.15) is 12.1 Å². The molecule has 0 saturated heterocycles. The van der Waals surface area contributed by atoms with E-state index in [0.29, 0.717) is 35.5 Å². The molecule has 0 N–H and O–H groups in total. The van der Waals surface area contributed by atoms with E-state index in [-0.39, 0.29) is 0 Å².